The Balaban J connectivity index is 2.31. The van der Waals surface area contributed by atoms with Crippen LogP contribution in [0.2, 0.25) is 0 Å². The monoisotopic (exact) mass is 211 g/mol. The summed E-state index contributed by atoms with van der Waals surface area (Å²) in [7, 11) is 5.73. The average Bonchev–Trinajstić information content (AvgIpc) is 2.65. The number of methoxy groups -OCH3 is 1. The molecule has 1 aromatic rings. The molecule has 0 saturated carbocycles. The minimum absolute atomic E-state index is 0.528. The van der Waals surface area contributed by atoms with E-state index in [1.165, 1.54) is 5.69 Å². The fourth-order valence-corrected chi connectivity index (χ4v) is 1.66. The summed E-state index contributed by atoms with van der Waals surface area (Å²) in [4.78, 5) is 0. The van der Waals surface area contributed by atoms with Crippen LogP contribution in [0.1, 0.15) is 18.5 Å². The van der Waals surface area contributed by atoms with Crippen molar-refractivity contribution in [2.24, 2.45) is 7.05 Å². The zero-order valence-corrected chi connectivity index (χ0v) is 9.86. The number of aryl methyl sites for hydroxylation is 2. The highest BCUT2D eigenvalue weighted by Crippen LogP contribution is 2.06. The van der Waals surface area contributed by atoms with Gasteiger partial charge in [-0.1, -0.05) is 0 Å². The molecule has 4 nitrogen and oxygen atoms in total. The van der Waals surface area contributed by atoms with Gasteiger partial charge in [0.15, 0.2) is 0 Å². The molecular weight excluding hydrogens is 190 g/mol. The Bertz CT molecular complexity index is 273. The van der Waals surface area contributed by atoms with Gasteiger partial charge < -0.3 is 10.1 Å². The molecule has 15 heavy (non-hydrogen) atoms. The molecule has 0 saturated heterocycles. The maximum Gasteiger partial charge on any atom is 0.0492 e. The van der Waals surface area contributed by atoms with E-state index in [0.717, 1.165) is 25.9 Å². The fraction of sp³-hybridized carbons (Fsp3) is 0.727. The number of hydrogen-bond donors (Lipinski definition) is 1. The largest absolute Gasteiger partial charge is 0.385 e. The number of aromatic nitrogens is 2. The van der Waals surface area contributed by atoms with Crippen molar-refractivity contribution in [2.75, 3.05) is 20.8 Å². The van der Waals surface area contributed by atoms with Gasteiger partial charge in [0.1, 0.15) is 0 Å². The molecule has 4 heteroatoms. The molecule has 1 rings (SSSR count). The quantitative estimate of drug-likeness (QED) is 0.730. The number of nitrogens with zero attached hydrogens (tertiary/aromatic N) is 2. The molecular formula is C11H21N3O. The zero-order chi connectivity index (χ0) is 11.1. The van der Waals surface area contributed by atoms with Gasteiger partial charge in [0.25, 0.3) is 0 Å². The first-order valence-corrected chi connectivity index (χ1v) is 5.41. The first kappa shape index (κ1) is 12.2. The lowest BCUT2D eigenvalue weighted by molar-refractivity contribution is 0.182. The highest BCUT2D eigenvalue weighted by Gasteiger charge is 2.07. The van der Waals surface area contributed by atoms with Crippen molar-refractivity contribution < 1.29 is 4.74 Å². The summed E-state index contributed by atoms with van der Waals surface area (Å²) in [6.45, 7) is 0.816. The number of ether oxygens (including phenoxy) is 1. The van der Waals surface area contributed by atoms with Crippen LogP contribution in [0, 0.1) is 0 Å². The van der Waals surface area contributed by atoms with Crippen LogP contribution in [0.25, 0.3) is 0 Å². The van der Waals surface area contributed by atoms with Crippen molar-refractivity contribution in [3.05, 3.63) is 18.0 Å². The third kappa shape index (κ3) is 4.01. The topological polar surface area (TPSA) is 39.1 Å². The summed E-state index contributed by atoms with van der Waals surface area (Å²) < 4.78 is 7.01. The Morgan fingerprint density at radius 2 is 2.33 bits per heavy atom. The number of rotatable bonds is 7. The van der Waals surface area contributed by atoms with Gasteiger partial charge >= 0.3 is 0 Å². The lowest BCUT2D eigenvalue weighted by Gasteiger charge is -2.15. The van der Waals surface area contributed by atoms with Crippen molar-refractivity contribution in [2.45, 2.75) is 25.3 Å². The van der Waals surface area contributed by atoms with E-state index in [4.69, 9.17) is 4.74 Å². The van der Waals surface area contributed by atoms with E-state index in [2.05, 4.69) is 16.5 Å². The summed E-state index contributed by atoms with van der Waals surface area (Å²) in [5.41, 5.74) is 1.28. The summed E-state index contributed by atoms with van der Waals surface area (Å²) in [6, 6.07) is 2.60. The molecule has 0 aromatic carbocycles. The van der Waals surface area contributed by atoms with Gasteiger partial charge in [-0.25, -0.2) is 0 Å². The van der Waals surface area contributed by atoms with Gasteiger partial charge in [-0.05, 0) is 32.4 Å². The Morgan fingerprint density at radius 3 is 2.87 bits per heavy atom. The van der Waals surface area contributed by atoms with Crippen LogP contribution >= 0.6 is 0 Å². The summed E-state index contributed by atoms with van der Waals surface area (Å²) in [6.07, 6.45) is 5.09. The molecule has 1 unspecified atom stereocenters. The average molecular weight is 211 g/mol. The zero-order valence-electron chi connectivity index (χ0n) is 9.86. The lowest BCUT2D eigenvalue weighted by atomic mass is 10.1. The molecule has 0 aliphatic rings. The minimum atomic E-state index is 0.528. The number of nitrogens with one attached hydrogen (secondary N) is 1. The van der Waals surface area contributed by atoms with Crippen molar-refractivity contribution in [3.8, 4) is 0 Å². The van der Waals surface area contributed by atoms with Crippen molar-refractivity contribution in [1.29, 1.82) is 0 Å². The van der Waals surface area contributed by atoms with Crippen molar-refractivity contribution >= 4 is 0 Å². The van der Waals surface area contributed by atoms with Crippen molar-refractivity contribution in [3.63, 3.8) is 0 Å². The molecule has 0 amide bonds. The van der Waals surface area contributed by atoms with Gasteiger partial charge in [-0.2, -0.15) is 5.10 Å². The van der Waals surface area contributed by atoms with E-state index in [1.807, 2.05) is 25.0 Å². The van der Waals surface area contributed by atoms with Gasteiger partial charge in [0, 0.05) is 38.7 Å². The summed E-state index contributed by atoms with van der Waals surface area (Å²) in [5, 5.41) is 7.46. The Morgan fingerprint density at radius 1 is 1.53 bits per heavy atom. The molecule has 0 bridgehead atoms. The molecule has 1 atom stereocenters. The van der Waals surface area contributed by atoms with E-state index < -0.39 is 0 Å². The predicted octanol–water partition coefficient (Wildman–Crippen LogP) is 0.977. The third-order valence-electron chi connectivity index (χ3n) is 2.75. The highest BCUT2D eigenvalue weighted by atomic mass is 16.5. The highest BCUT2D eigenvalue weighted by molar-refractivity contribution is 5.00. The van der Waals surface area contributed by atoms with Crippen LogP contribution in [-0.4, -0.2) is 36.6 Å². The molecule has 1 N–H and O–H groups in total. The molecule has 0 spiro atoms. The molecule has 86 valence electrons. The van der Waals surface area contributed by atoms with Crippen LogP contribution < -0.4 is 5.32 Å². The molecule has 0 aliphatic carbocycles. The molecule has 1 aromatic heterocycles. The van der Waals surface area contributed by atoms with Crippen LogP contribution in [0.3, 0.4) is 0 Å². The van der Waals surface area contributed by atoms with Gasteiger partial charge in [0.2, 0.25) is 0 Å². The van der Waals surface area contributed by atoms with Crippen molar-refractivity contribution in [1.82, 2.24) is 15.1 Å². The van der Waals surface area contributed by atoms with Gasteiger partial charge in [0.05, 0.1) is 0 Å². The Kier molecular flexibility index (Phi) is 5.36. The molecule has 0 aliphatic heterocycles. The maximum absolute atomic E-state index is 5.08. The Labute approximate surface area is 91.6 Å². The summed E-state index contributed by atoms with van der Waals surface area (Å²) in [5.74, 6) is 0. The standard InChI is InChI=1S/C11H21N3O/c1-12-10(7-9-15-3)4-5-11-6-8-13-14(11)2/h6,8,10,12H,4-5,7,9H2,1-3H3. The molecule has 1 heterocycles. The third-order valence-corrected chi connectivity index (χ3v) is 2.75. The van der Waals surface area contributed by atoms with Gasteiger partial charge in [-0.15, -0.1) is 0 Å². The van der Waals surface area contributed by atoms with Crippen LogP contribution in [0.5, 0.6) is 0 Å². The maximum atomic E-state index is 5.08. The predicted molar refractivity (Wildman–Crippen MR) is 60.9 cm³/mol. The summed E-state index contributed by atoms with van der Waals surface area (Å²) >= 11 is 0. The van der Waals surface area contributed by atoms with E-state index in [1.54, 1.807) is 7.11 Å². The second-order valence-corrected chi connectivity index (χ2v) is 3.75. The number of hydrogen-bond acceptors (Lipinski definition) is 3. The second kappa shape index (κ2) is 6.58. The SMILES string of the molecule is CNC(CCOC)CCc1ccnn1C. The normalized spacial score (nSPS) is 13.0. The first-order chi connectivity index (χ1) is 7.27. The van der Waals surface area contributed by atoms with Gasteiger partial charge in [-0.3, -0.25) is 4.68 Å². The molecule has 0 radical (unpaired) electrons. The second-order valence-electron chi connectivity index (χ2n) is 3.75. The minimum Gasteiger partial charge on any atom is -0.385 e. The van der Waals surface area contributed by atoms with E-state index in [0.29, 0.717) is 6.04 Å². The first-order valence-electron chi connectivity index (χ1n) is 5.41. The van der Waals surface area contributed by atoms with E-state index in [9.17, 15) is 0 Å². The van der Waals surface area contributed by atoms with E-state index in [-0.39, 0.29) is 0 Å². The lowest BCUT2D eigenvalue weighted by Crippen LogP contribution is -2.27. The molecule has 0 fully saturated rings. The van der Waals surface area contributed by atoms with Crippen LogP contribution in [-0.2, 0) is 18.2 Å². The van der Waals surface area contributed by atoms with E-state index >= 15 is 0 Å². The van der Waals surface area contributed by atoms with Crippen LogP contribution in [0.15, 0.2) is 12.3 Å². The smallest absolute Gasteiger partial charge is 0.0492 e. The fourth-order valence-electron chi connectivity index (χ4n) is 1.66. The van der Waals surface area contributed by atoms with Crippen LogP contribution in [0.4, 0.5) is 0 Å². The Hall–Kier alpha value is -0.870.